The number of hydrogen-bond donors (Lipinski definition) is 3. The Morgan fingerprint density at radius 2 is 2.15 bits per heavy atom. The van der Waals surface area contributed by atoms with Gasteiger partial charge in [-0.15, -0.1) is 0 Å². The minimum atomic E-state index is -0.612. The molecule has 0 saturated heterocycles. The summed E-state index contributed by atoms with van der Waals surface area (Å²) in [6.07, 6.45) is 1.58. The molecule has 0 aromatic carbocycles. The first-order chi connectivity index (χ1) is 6.11. The largest absolute Gasteiger partial charge is 0.394 e. The summed E-state index contributed by atoms with van der Waals surface area (Å²) in [7, 11) is 1.96. The van der Waals surface area contributed by atoms with Gasteiger partial charge in [-0.05, 0) is 25.8 Å². The molecular weight excluding hydrogens is 168 g/mol. The lowest BCUT2D eigenvalue weighted by molar-refractivity contribution is 0.0563. The number of aliphatic hydroxyl groups excluding tert-OH is 2. The molecule has 1 unspecified atom stereocenters. The van der Waals surface area contributed by atoms with Crippen LogP contribution in [0.3, 0.4) is 0 Å². The summed E-state index contributed by atoms with van der Waals surface area (Å²) in [4.78, 5) is 2.05. The van der Waals surface area contributed by atoms with E-state index in [-0.39, 0.29) is 6.61 Å². The van der Waals surface area contributed by atoms with Gasteiger partial charge in [-0.25, -0.2) is 0 Å². The fraction of sp³-hybridized carbons (Fsp3) is 1.00. The number of nitrogens with zero attached hydrogens (tertiary/aromatic N) is 1. The summed E-state index contributed by atoms with van der Waals surface area (Å²) >= 11 is 0. The standard InChI is InChI=1S/C9H20N2O2/c1-11(5-9(13)6-12)4-7-2-8(10)3-7/h7-9,12-13H,2-6,10H2,1H3. The Morgan fingerprint density at radius 1 is 1.54 bits per heavy atom. The molecule has 1 fully saturated rings. The monoisotopic (exact) mass is 188 g/mol. The summed E-state index contributed by atoms with van der Waals surface area (Å²) in [6.45, 7) is 1.36. The molecule has 0 aromatic heterocycles. The molecule has 1 aliphatic carbocycles. The Labute approximate surface area is 79.3 Å². The minimum absolute atomic E-state index is 0.158. The highest BCUT2D eigenvalue weighted by Gasteiger charge is 2.26. The van der Waals surface area contributed by atoms with Crippen LogP contribution in [0.15, 0.2) is 0 Å². The van der Waals surface area contributed by atoms with E-state index >= 15 is 0 Å². The van der Waals surface area contributed by atoms with Crippen molar-refractivity contribution in [3.8, 4) is 0 Å². The second-order valence-corrected chi connectivity index (χ2v) is 4.16. The molecule has 0 amide bonds. The molecule has 0 bridgehead atoms. The van der Waals surface area contributed by atoms with Crippen LogP contribution in [0.25, 0.3) is 0 Å². The molecule has 0 aliphatic heterocycles. The molecule has 0 radical (unpaired) electrons. The molecule has 0 aromatic rings. The average molecular weight is 188 g/mol. The van der Waals surface area contributed by atoms with E-state index in [0.29, 0.717) is 18.5 Å². The fourth-order valence-corrected chi connectivity index (χ4v) is 1.87. The van der Waals surface area contributed by atoms with Gasteiger partial charge in [-0.3, -0.25) is 0 Å². The summed E-state index contributed by atoms with van der Waals surface area (Å²) < 4.78 is 0. The van der Waals surface area contributed by atoms with Gasteiger partial charge in [0.1, 0.15) is 0 Å². The molecule has 1 aliphatic rings. The molecule has 1 saturated carbocycles. The van der Waals surface area contributed by atoms with E-state index in [0.717, 1.165) is 19.4 Å². The van der Waals surface area contributed by atoms with Gasteiger partial charge in [0.15, 0.2) is 0 Å². The predicted molar refractivity (Wildman–Crippen MR) is 51.3 cm³/mol. The van der Waals surface area contributed by atoms with Gasteiger partial charge >= 0.3 is 0 Å². The van der Waals surface area contributed by atoms with E-state index < -0.39 is 6.10 Å². The second-order valence-electron chi connectivity index (χ2n) is 4.16. The molecule has 4 N–H and O–H groups in total. The van der Waals surface area contributed by atoms with E-state index in [9.17, 15) is 0 Å². The van der Waals surface area contributed by atoms with Crippen LogP contribution in [-0.2, 0) is 0 Å². The zero-order chi connectivity index (χ0) is 9.84. The van der Waals surface area contributed by atoms with Crippen molar-refractivity contribution in [1.29, 1.82) is 0 Å². The van der Waals surface area contributed by atoms with Crippen molar-refractivity contribution in [1.82, 2.24) is 4.90 Å². The van der Waals surface area contributed by atoms with Crippen molar-refractivity contribution in [2.24, 2.45) is 11.7 Å². The number of rotatable bonds is 5. The molecule has 4 heteroatoms. The SMILES string of the molecule is CN(CC(O)CO)CC1CC(N)C1. The predicted octanol–water partition coefficient (Wildman–Crippen LogP) is -0.991. The van der Waals surface area contributed by atoms with Crippen LogP contribution in [0.2, 0.25) is 0 Å². The first-order valence-electron chi connectivity index (χ1n) is 4.85. The quantitative estimate of drug-likeness (QED) is 0.518. The van der Waals surface area contributed by atoms with E-state index in [1.165, 1.54) is 0 Å². The molecular formula is C9H20N2O2. The third-order valence-corrected chi connectivity index (χ3v) is 2.58. The zero-order valence-corrected chi connectivity index (χ0v) is 8.19. The highest BCUT2D eigenvalue weighted by molar-refractivity contribution is 4.83. The van der Waals surface area contributed by atoms with Gasteiger partial charge in [0.05, 0.1) is 12.7 Å². The van der Waals surface area contributed by atoms with Gasteiger partial charge in [0, 0.05) is 19.1 Å². The Balaban J connectivity index is 2.07. The fourth-order valence-electron chi connectivity index (χ4n) is 1.87. The van der Waals surface area contributed by atoms with Crippen molar-refractivity contribution in [3.05, 3.63) is 0 Å². The lowest BCUT2D eigenvalue weighted by Crippen LogP contribution is -2.43. The van der Waals surface area contributed by atoms with Crippen LogP contribution in [0.1, 0.15) is 12.8 Å². The highest BCUT2D eigenvalue weighted by Crippen LogP contribution is 2.25. The van der Waals surface area contributed by atoms with Gasteiger partial charge in [-0.1, -0.05) is 0 Å². The van der Waals surface area contributed by atoms with Gasteiger partial charge in [0.2, 0.25) is 0 Å². The first kappa shape index (κ1) is 10.9. The van der Waals surface area contributed by atoms with Crippen molar-refractivity contribution < 1.29 is 10.2 Å². The molecule has 1 atom stereocenters. The van der Waals surface area contributed by atoms with Crippen molar-refractivity contribution >= 4 is 0 Å². The Bertz CT molecular complexity index is 149. The smallest absolute Gasteiger partial charge is 0.0897 e. The molecule has 1 rings (SSSR count). The van der Waals surface area contributed by atoms with Crippen LogP contribution < -0.4 is 5.73 Å². The number of aliphatic hydroxyl groups is 2. The highest BCUT2D eigenvalue weighted by atomic mass is 16.3. The Hall–Kier alpha value is -0.160. The normalized spacial score (nSPS) is 30.2. The number of nitrogens with two attached hydrogens (primary N) is 1. The zero-order valence-electron chi connectivity index (χ0n) is 8.19. The summed E-state index contributed by atoms with van der Waals surface area (Å²) in [6, 6.07) is 0.390. The van der Waals surface area contributed by atoms with Crippen LogP contribution in [-0.4, -0.2) is 54.0 Å². The Morgan fingerprint density at radius 3 is 2.62 bits per heavy atom. The van der Waals surface area contributed by atoms with Crippen molar-refractivity contribution in [2.45, 2.75) is 25.0 Å². The van der Waals surface area contributed by atoms with Crippen LogP contribution in [0.4, 0.5) is 0 Å². The molecule has 4 nitrogen and oxygen atoms in total. The first-order valence-corrected chi connectivity index (χ1v) is 4.85. The van der Waals surface area contributed by atoms with Gasteiger partial charge < -0.3 is 20.8 Å². The maximum Gasteiger partial charge on any atom is 0.0897 e. The number of hydrogen-bond acceptors (Lipinski definition) is 4. The molecule has 13 heavy (non-hydrogen) atoms. The Kier molecular flexibility index (Phi) is 4.12. The van der Waals surface area contributed by atoms with Crippen LogP contribution in [0, 0.1) is 5.92 Å². The van der Waals surface area contributed by atoms with E-state index in [1.54, 1.807) is 0 Å². The molecule has 0 spiro atoms. The lowest BCUT2D eigenvalue weighted by atomic mass is 9.80. The van der Waals surface area contributed by atoms with Crippen molar-refractivity contribution in [2.75, 3.05) is 26.7 Å². The van der Waals surface area contributed by atoms with Crippen LogP contribution in [0.5, 0.6) is 0 Å². The molecule has 0 heterocycles. The van der Waals surface area contributed by atoms with E-state index in [4.69, 9.17) is 15.9 Å². The summed E-state index contributed by atoms with van der Waals surface area (Å²) in [5.74, 6) is 0.686. The number of likely N-dealkylation sites (N-methyl/N-ethyl adjacent to an activating group) is 1. The van der Waals surface area contributed by atoms with E-state index in [2.05, 4.69) is 4.90 Å². The maximum atomic E-state index is 9.17. The summed E-state index contributed by atoms with van der Waals surface area (Å²) in [5.41, 5.74) is 5.66. The maximum absolute atomic E-state index is 9.17. The van der Waals surface area contributed by atoms with Gasteiger partial charge in [0.25, 0.3) is 0 Å². The lowest BCUT2D eigenvalue weighted by Gasteiger charge is -2.35. The third-order valence-electron chi connectivity index (χ3n) is 2.58. The summed E-state index contributed by atoms with van der Waals surface area (Å²) in [5, 5.41) is 17.8. The molecule has 78 valence electrons. The van der Waals surface area contributed by atoms with Crippen LogP contribution >= 0.6 is 0 Å². The van der Waals surface area contributed by atoms with E-state index in [1.807, 2.05) is 7.05 Å². The average Bonchev–Trinajstić information content (AvgIpc) is 2.01. The minimum Gasteiger partial charge on any atom is -0.394 e. The third kappa shape index (κ3) is 3.60. The second kappa shape index (κ2) is 4.91. The topological polar surface area (TPSA) is 69.7 Å². The van der Waals surface area contributed by atoms with Crippen molar-refractivity contribution in [3.63, 3.8) is 0 Å². The van der Waals surface area contributed by atoms with Gasteiger partial charge in [-0.2, -0.15) is 0 Å².